The highest BCUT2D eigenvalue weighted by Gasteiger charge is 2.33. The molecule has 0 saturated carbocycles. The lowest BCUT2D eigenvalue weighted by atomic mass is 10.2. The molecule has 5 rings (SSSR count). The van der Waals surface area contributed by atoms with Crippen molar-refractivity contribution in [3.05, 3.63) is 54.4 Å². The van der Waals surface area contributed by atoms with Gasteiger partial charge >= 0.3 is 0 Å². The average molecular weight is 261 g/mol. The van der Waals surface area contributed by atoms with Crippen molar-refractivity contribution in [2.24, 2.45) is 7.05 Å². The zero-order valence-electron chi connectivity index (χ0n) is 11.1. The van der Waals surface area contributed by atoms with Crippen molar-refractivity contribution in [2.45, 2.75) is 6.54 Å². The molecule has 0 atom stereocenters. The van der Waals surface area contributed by atoms with Gasteiger partial charge < -0.3 is 0 Å². The summed E-state index contributed by atoms with van der Waals surface area (Å²) in [5.74, 6) is 1.20. The van der Waals surface area contributed by atoms with E-state index in [4.69, 9.17) is 0 Å². The summed E-state index contributed by atoms with van der Waals surface area (Å²) >= 11 is 0. The van der Waals surface area contributed by atoms with Crippen LogP contribution in [0.2, 0.25) is 0 Å². The van der Waals surface area contributed by atoms with Gasteiger partial charge in [-0.1, -0.05) is 12.1 Å². The fourth-order valence-electron chi connectivity index (χ4n) is 3.41. The third kappa shape index (κ3) is 1.04. The molecule has 0 fully saturated rings. The summed E-state index contributed by atoms with van der Waals surface area (Å²) < 4.78 is 6.85. The van der Waals surface area contributed by atoms with Crippen molar-refractivity contribution >= 4 is 16.7 Å². The van der Waals surface area contributed by atoms with Crippen LogP contribution in [0.3, 0.4) is 0 Å². The fraction of sp³-hybridized carbons (Fsp3) is 0.125. The van der Waals surface area contributed by atoms with E-state index in [9.17, 15) is 0 Å². The van der Waals surface area contributed by atoms with Gasteiger partial charge in [0, 0.05) is 17.8 Å². The number of fused-ring (bicyclic) bond motifs is 7. The van der Waals surface area contributed by atoms with Gasteiger partial charge in [-0.05, 0) is 18.2 Å². The Morgan fingerprint density at radius 3 is 3.10 bits per heavy atom. The zero-order valence-corrected chi connectivity index (χ0v) is 11.1. The topological polar surface area (TPSA) is 26.1 Å². The normalized spacial score (nSPS) is 13.1. The first-order chi connectivity index (χ1) is 9.84. The van der Waals surface area contributed by atoms with Crippen molar-refractivity contribution in [3.8, 4) is 11.5 Å². The molecule has 0 unspecified atom stereocenters. The van der Waals surface area contributed by atoms with Crippen LogP contribution in [-0.4, -0.2) is 14.0 Å². The third-order valence-corrected chi connectivity index (χ3v) is 4.25. The molecule has 0 spiro atoms. The standard InChI is InChI=1S/C16H13N4/c1-18-15-13(9-12-6-2-3-8-19(12)15)20-10-11-5-4-7-17-14(11)16(18)20/h2-9H,10H2,1H3/q+1. The van der Waals surface area contributed by atoms with Crippen LogP contribution in [0.1, 0.15) is 5.56 Å². The van der Waals surface area contributed by atoms with Crippen LogP contribution in [0, 0.1) is 0 Å². The van der Waals surface area contributed by atoms with Gasteiger partial charge in [0.2, 0.25) is 0 Å². The van der Waals surface area contributed by atoms with Crippen LogP contribution in [0.5, 0.6) is 0 Å². The van der Waals surface area contributed by atoms with E-state index in [1.54, 1.807) is 0 Å². The Balaban J connectivity index is 1.98. The maximum Gasteiger partial charge on any atom is 0.273 e. The molecule has 1 aliphatic heterocycles. The molecule has 1 aliphatic rings. The van der Waals surface area contributed by atoms with Crippen LogP contribution < -0.4 is 4.57 Å². The van der Waals surface area contributed by atoms with Crippen LogP contribution in [0.15, 0.2) is 48.8 Å². The largest absolute Gasteiger partial charge is 0.273 e. The Morgan fingerprint density at radius 2 is 2.15 bits per heavy atom. The number of aryl methyl sites for hydroxylation is 1. The molecule has 0 bridgehead atoms. The molecule has 96 valence electrons. The predicted octanol–water partition coefficient (Wildman–Crippen LogP) is 2.14. The highest BCUT2D eigenvalue weighted by molar-refractivity contribution is 5.83. The SMILES string of the molecule is C[n+]1c2n(c3cc4ccccn4c31)Cc1cccnc1-2. The van der Waals surface area contributed by atoms with Crippen molar-refractivity contribution in [3.63, 3.8) is 0 Å². The summed E-state index contributed by atoms with van der Waals surface area (Å²) in [6.45, 7) is 0.909. The lowest BCUT2D eigenvalue weighted by Gasteiger charge is -1.96. The van der Waals surface area contributed by atoms with Crippen molar-refractivity contribution in [1.29, 1.82) is 0 Å². The molecular weight excluding hydrogens is 248 g/mol. The molecule has 0 saturated heterocycles. The maximum atomic E-state index is 4.57. The Hall–Kier alpha value is -2.62. The number of nitrogens with zero attached hydrogens (tertiary/aromatic N) is 4. The second-order valence-corrected chi connectivity index (χ2v) is 5.33. The molecule has 0 aliphatic carbocycles. The minimum absolute atomic E-state index is 0.909. The Kier molecular flexibility index (Phi) is 1.67. The molecule has 5 heterocycles. The first-order valence-corrected chi connectivity index (χ1v) is 6.77. The van der Waals surface area contributed by atoms with E-state index < -0.39 is 0 Å². The highest BCUT2D eigenvalue weighted by atomic mass is 15.2. The molecule has 4 aromatic rings. The van der Waals surface area contributed by atoms with Gasteiger partial charge in [-0.3, -0.25) is 0 Å². The van der Waals surface area contributed by atoms with Gasteiger partial charge in [0.25, 0.3) is 11.5 Å². The number of imidazole rings is 1. The summed E-state index contributed by atoms with van der Waals surface area (Å²) in [6, 6.07) is 12.7. The van der Waals surface area contributed by atoms with Crippen LogP contribution in [-0.2, 0) is 13.6 Å². The van der Waals surface area contributed by atoms with Gasteiger partial charge in [-0.15, -0.1) is 0 Å². The second kappa shape index (κ2) is 3.28. The fourth-order valence-corrected chi connectivity index (χ4v) is 3.41. The second-order valence-electron chi connectivity index (χ2n) is 5.33. The van der Waals surface area contributed by atoms with E-state index in [1.807, 2.05) is 12.3 Å². The smallest absolute Gasteiger partial charge is 0.249 e. The van der Waals surface area contributed by atoms with E-state index in [-0.39, 0.29) is 0 Å². The molecule has 4 heteroatoms. The molecule has 0 aromatic carbocycles. The first kappa shape index (κ1) is 10.2. The van der Waals surface area contributed by atoms with Crippen molar-refractivity contribution < 1.29 is 4.57 Å². The number of rotatable bonds is 0. The van der Waals surface area contributed by atoms with Crippen molar-refractivity contribution in [2.75, 3.05) is 0 Å². The summed E-state index contributed by atoms with van der Waals surface area (Å²) in [5, 5.41) is 0. The van der Waals surface area contributed by atoms with Gasteiger partial charge in [-0.25, -0.2) is 18.5 Å². The molecule has 0 N–H and O–H groups in total. The zero-order chi connectivity index (χ0) is 13.3. The van der Waals surface area contributed by atoms with E-state index in [0.29, 0.717) is 0 Å². The average Bonchev–Trinajstić information content (AvgIpc) is 3.10. The van der Waals surface area contributed by atoms with E-state index in [1.165, 1.54) is 28.1 Å². The Bertz CT molecular complexity index is 990. The van der Waals surface area contributed by atoms with E-state index >= 15 is 0 Å². The van der Waals surface area contributed by atoms with Gasteiger partial charge in [0.15, 0.2) is 5.52 Å². The van der Waals surface area contributed by atoms with Gasteiger partial charge in [0.1, 0.15) is 11.2 Å². The number of aromatic nitrogens is 4. The lowest BCUT2D eigenvalue weighted by molar-refractivity contribution is -0.636. The quantitative estimate of drug-likeness (QED) is 0.392. The van der Waals surface area contributed by atoms with Crippen LogP contribution in [0.25, 0.3) is 28.2 Å². The molecule has 0 amide bonds. The van der Waals surface area contributed by atoms with Gasteiger partial charge in [-0.2, -0.15) is 0 Å². The number of pyridine rings is 2. The number of hydrogen-bond acceptors (Lipinski definition) is 1. The third-order valence-electron chi connectivity index (χ3n) is 4.25. The summed E-state index contributed by atoms with van der Waals surface area (Å²) in [7, 11) is 2.12. The predicted molar refractivity (Wildman–Crippen MR) is 76.4 cm³/mol. The first-order valence-electron chi connectivity index (χ1n) is 6.77. The highest BCUT2D eigenvalue weighted by Crippen LogP contribution is 2.32. The Morgan fingerprint density at radius 1 is 1.20 bits per heavy atom. The minimum Gasteiger partial charge on any atom is -0.249 e. The summed E-state index contributed by atoms with van der Waals surface area (Å²) in [6.07, 6.45) is 3.99. The summed E-state index contributed by atoms with van der Waals surface area (Å²) in [4.78, 5) is 4.57. The van der Waals surface area contributed by atoms with E-state index in [0.717, 1.165) is 12.2 Å². The molecule has 20 heavy (non-hydrogen) atoms. The van der Waals surface area contributed by atoms with Crippen LogP contribution in [0.4, 0.5) is 0 Å². The monoisotopic (exact) mass is 261 g/mol. The minimum atomic E-state index is 0.909. The molecule has 4 nitrogen and oxygen atoms in total. The number of hydrogen-bond donors (Lipinski definition) is 0. The maximum absolute atomic E-state index is 4.57. The molecule has 0 radical (unpaired) electrons. The summed E-state index contributed by atoms with van der Waals surface area (Å²) in [5.41, 5.74) is 6.14. The Labute approximate surface area is 115 Å². The van der Waals surface area contributed by atoms with Crippen LogP contribution >= 0.6 is 0 Å². The van der Waals surface area contributed by atoms with E-state index in [2.05, 4.69) is 62.1 Å². The molecule has 4 aromatic heterocycles. The molecular formula is C16H13N4+. The van der Waals surface area contributed by atoms with Gasteiger partial charge in [0.05, 0.1) is 19.8 Å². The lowest BCUT2D eigenvalue weighted by Crippen LogP contribution is -2.30. The van der Waals surface area contributed by atoms with Crippen molar-refractivity contribution in [1.82, 2.24) is 14.0 Å².